The maximum absolute atomic E-state index is 12.8. The van der Waals surface area contributed by atoms with Gasteiger partial charge in [0.2, 0.25) is 15.9 Å². The number of carbonyl (C=O) groups excluding carboxylic acids is 1. The van der Waals surface area contributed by atoms with Crippen LogP contribution >= 0.6 is 0 Å². The number of carbonyl (C=O) groups is 1. The Morgan fingerprint density at radius 3 is 2.65 bits per heavy atom. The highest BCUT2D eigenvalue weighted by Gasteiger charge is 2.32. The van der Waals surface area contributed by atoms with E-state index in [1.165, 1.54) is 4.31 Å². The molecule has 2 aliphatic rings. The third kappa shape index (κ3) is 4.62. The van der Waals surface area contributed by atoms with Gasteiger partial charge in [0.05, 0.1) is 5.75 Å². The number of hydrogen-bond donors (Lipinski definition) is 2. The van der Waals surface area contributed by atoms with Crippen molar-refractivity contribution in [2.75, 3.05) is 26.7 Å². The molecule has 26 heavy (non-hydrogen) atoms. The minimum atomic E-state index is -3.38. The zero-order chi connectivity index (χ0) is 18.6. The van der Waals surface area contributed by atoms with Gasteiger partial charge in [0.15, 0.2) is 0 Å². The third-order valence-corrected chi connectivity index (χ3v) is 7.16. The number of hydrogen-bond acceptors (Lipinski definition) is 5. The molecule has 7 nitrogen and oxygen atoms in total. The highest BCUT2D eigenvalue weighted by molar-refractivity contribution is 7.88. The van der Waals surface area contributed by atoms with Crippen LogP contribution in [-0.4, -0.2) is 62.3 Å². The minimum absolute atomic E-state index is 0.0150. The van der Waals surface area contributed by atoms with Crippen LogP contribution in [0.2, 0.25) is 0 Å². The number of sulfonamides is 1. The summed E-state index contributed by atoms with van der Waals surface area (Å²) in [7, 11) is -1.71. The van der Waals surface area contributed by atoms with Gasteiger partial charge in [-0.05, 0) is 31.2 Å². The summed E-state index contributed by atoms with van der Waals surface area (Å²) < 4.78 is 27.0. The van der Waals surface area contributed by atoms with Crippen LogP contribution in [0.3, 0.4) is 0 Å². The highest BCUT2D eigenvalue weighted by atomic mass is 32.2. The number of hydrazine groups is 1. The summed E-state index contributed by atoms with van der Waals surface area (Å²) in [6.07, 6.45) is 3.08. The van der Waals surface area contributed by atoms with Crippen molar-refractivity contribution in [1.82, 2.24) is 20.1 Å². The molecule has 2 N–H and O–H groups in total. The van der Waals surface area contributed by atoms with Crippen molar-refractivity contribution in [2.45, 2.75) is 43.5 Å². The quantitative estimate of drug-likeness (QED) is 0.786. The summed E-state index contributed by atoms with van der Waals surface area (Å²) in [6, 6.07) is 9.04. The number of likely N-dealkylation sites (tertiary alicyclic amines) is 1. The summed E-state index contributed by atoms with van der Waals surface area (Å²) in [5.41, 5.74) is 6.80. The molecule has 3 rings (SSSR count). The van der Waals surface area contributed by atoms with E-state index >= 15 is 0 Å². The molecular weight excluding hydrogens is 352 g/mol. The van der Waals surface area contributed by atoms with Crippen LogP contribution in [-0.2, 0) is 20.6 Å². The lowest BCUT2D eigenvalue weighted by Gasteiger charge is -2.27. The van der Waals surface area contributed by atoms with Crippen LogP contribution in [0.4, 0.5) is 0 Å². The van der Waals surface area contributed by atoms with E-state index in [4.69, 9.17) is 0 Å². The zero-order valence-corrected chi connectivity index (χ0v) is 16.0. The monoisotopic (exact) mass is 380 g/mol. The van der Waals surface area contributed by atoms with E-state index < -0.39 is 10.0 Å². The molecule has 0 radical (unpaired) electrons. The van der Waals surface area contributed by atoms with Crippen molar-refractivity contribution in [2.24, 2.45) is 0 Å². The zero-order valence-electron chi connectivity index (χ0n) is 15.2. The van der Waals surface area contributed by atoms with Gasteiger partial charge in [-0.25, -0.2) is 18.1 Å². The Bertz CT molecular complexity index is 704. The van der Waals surface area contributed by atoms with Gasteiger partial charge in [-0.1, -0.05) is 30.3 Å². The molecule has 8 heteroatoms. The van der Waals surface area contributed by atoms with Gasteiger partial charge in [0.25, 0.3) is 0 Å². The first-order valence-corrected chi connectivity index (χ1v) is 10.8. The Labute approximate surface area is 155 Å². The van der Waals surface area contributed by atoms with Gasteiger partial charge in [0.1, 0.15) is 6.04 Å². The van der Waals surface area contributed by atoms with Crippen LogP contribution < -0.4 is 10.9 Å². The summed E-state index contributed by atoms with van der Waals surface area (Å²) in [5, 5.41) is 0. The number of amides is 1. The molecule has 2 aliphatic heterocycles. The highest BCUT2D eigenvalue weighted by Crippen LogP contribution is 2.21. The predicted molar refractivity (Wildman–Crippen MR) is 101 cm³/mol. The molecule has 144 valence electrons. The first-order valence-electron chi connectivity index (χ1n) is 9.24. The van der Waals surface area contributed by atoms with Gasteiger partial charge >= 0.3 is 0 Å². The van der Waals surface area contributed by atoms with Crippen molar-refractivity contribution >= 4 is 15.9 Å². The Balaban J connectivity index is 1.60. The molecule has 1 aromatic carbocycles. The van der Waals surface area contributed by atoms with Crippen molar-refractivity contribution in [3.8, 4) is 0 Å². The second kappa shape index (κ2) is 8.47. The molecule has 0 spiro atoms. The van der Waals surface area contributed by atoms with Gasteiger partial charge in [-0.15, -0.1) is 0 Å². The molecule has 2 fully saturated rings. The molecule has 2 atom stereocenters. The lowest BCUT2D eigenvalue weighted by atomic mass is 10.1. The average molecular weight is 381 g/mol. The van der Waals surface area contributed by atoms with E-state index in [0.717, 1.165) is 31.4 Å². The lowest BCUT2D eigenvalue weighted by molar-refractivity contribution is -0.133. The SMILES string of the molecule is CN(C1CCCN(C(=O)C2CCNN2)CC1)S(=O)(=O)Cc1ccccc1. The molecule has 0 aliphatic carbocycles. The molecular formula is C18H28N4O3S. The minimum Gasteiger partial charge on any atom is -0.341 e. The molecule has 2 heterocycles. The van der Waals surface area contributed by atoms with Crippen molar-refractivity contribution < 1.29 is 13.2 Å². The third-order valence-electron chi connectivity index (χ3n) is 5.29. The van der Waals surface area contributed by atoms with Crippen molar-refractivity contribution in [3.05, 3.63) is 35.9 Å². The van der Waals surface area contributed by atoms with E-state index in [9.17, 15) is 13.2 Å². The van der Waals surface area contributed by atoms with Crippen LogP contribution in [0.1, 0.15) is 31.2 Å². The number of nitrogens with zero attached hydrogens (tertiary/aromatic N) is 2. The maximum atomic E-state index is 12.8. The Morgan fingerprint density at radius 2 is 1.96 bits per heavy atom. The number of rotatable bonds is 5. The summed E-state index contributed by atoms with van der Waals surface area (Å²) in [6.45, 7) is 2.10. The summed E-state index contributed by atoms with van der Waals surface area (Å²) in [5.74, 6) is 0.131. The van der Waals surface area contributed by atoms with E-state index in [-0.39, 0.29) is 23.7 Å². The van der Waals surface area contributed by atoms with Gasteiger partial charge < -0.3 is 4.90 Å². The summed E-state index contributed by atoms with van der Waals surface area (Å²) in [4.78, 5) is 14.4. The fourth-order valence-corrected chi connectivity index (χ4v) is 5.15. The topological polar surface area (TPSA) is 81.8 Å². The fourth-order valence-electron chi connectivity index (χ4n) is 3.67. The molecule has 0 bridgehead atoms. The molecule has 1 aromatic rings. The van der Waals surface area contributed by atoms with E-state index in [2.05, 4.69) is 10.9 Å². The van der Waals surface area contributed by atoms with E-state index in [1.807, 2.05) is 35.2 Å². The van der Waals surface area contributed by atoms with Crippen molar-refractivity contribution in [1.29, 1.82) is 0 Å². The Hall–Kier alpha value is -1.48. The second-order valence-corrected chi connectivity index (χ2v) is 9.11. The first kappa shape index (κ1) is 19.3. The molecule has 2 saturated heterocycles. The Morgan fingerprint density at radius 1 is 1.19 bits per heavy atom. The van der Waals surface area contributed by atoms with E-state index in [1.54, 1.807) is 7.05 Å². The normalized spacial score (nSPS) is 24.6. The molecule has 1 amide bonds. The van der Waals surface area contributed by atoms with Gasteiger partial charge in [-0.3, -0.25) is 10.2 Å². The van der Waals surface area contributed by atoms with Gasteiger partial charge in [-0.2, -0.15) is 0 Å². The number of nitrogens with one attached hydrogen (secondary N) is 2. The smallest absolute Gasteiger partial charge is 0.241 e. The first-order chi connectivity index (χ1) is 12.5. The van der Waals surface area contributed by atoms with Gasteiger partial charge in [0, 0.05) is 32.7 Å². The second-order valence-electron chi connectivity index (χ2n) is 7.08. The predicted octanol–water partition coefficient (Wildman–Crippen LogP) is 0.696. The largest absolute Gasteiger partial charge is 0.341 e. The van der Waals surface area contributed by atoms with Crippen LogP contribution in [0.15, 0.2) is 30.3 Å². The Kier molecular flexibility index (Phi) is 6.29. The fraction of sp³-hybridized carbons (Fsp3) is 0.611. The van der Waals surface area contributed by atoms with Crippen LogP contribution in [0, 0.1) is 0 Å². The molecule has 2 unspecified atom stereocenters. The van der Waals surface area contributed by atoms with Crippen LogP contribution in [0.25, 0.3) is 0 Å². The molecule has 0 saturated carbocycles. The lowest BCUT2D eigenvalue weighted by Crippen LogP contribution is -2.46. The van der Waals surface area contributed by atoms with E-state index in [0.29, 0.717) is 19.5 Å². The molecule has 0 aromatic heterocycles. The standard InChI is InChI=1S/C18H28N4O3S/c1-21(26(24,25)14-15-6-3-2-4-7-15)16-8-5-12-22(13-10-16)18(23)17-9-11-19-20-17/h2-4,6-7,16-17,19-20H,5,8-14H2,1H3. The average Bonchev–Trinajstić information content (AvgIpc) is 3.06. The van der Waals surface area contributed by atoms with Crippen LogP contribution in [0.5, 0.6) is 0 Å². The summed E-state index contributed by atoms with van der Waals surface area (Å²) >= 11 is 0. The number of benzene rings is 1. The maximum Gasteiger partial charge on any atom is 0.241 e. The van der Waals surface area contributed by atoms with Crippen molar-refractivity contribution in [3.63, 3.8) is 0 Å².